The number of carbonyl (C=O) groups is 1. The summed E-state index contributed by atoms with van der Waals surface area (Å²) in [6, 6.07) is 12.8. The zero-order valence-corrected chi connectivity index (χ0v) is 16.1. The number of alkyl halides is 3. The van der Waals surface area contributed by atoms with Gasteiger partial charge in [0.05, 0.1) is 17.9 Å². The number of carbonyl (C=O) groups excluding carboxylic acids is 1. The van der Waals surface area contributed by atoms with Crippen LogP contribution in [0.3, 0.4) is 0 Å². The van der Waals surface area contributed by atoms with Gasteiger partial charge in [0.2, 0.25) is 6.10 Å². The van der Waals surface area contributed by atoms with E-state index in [1.807, 2.05) is 0 Å². The van der Waals surface area contributed by atoms with Crippen molar-refractivity contribution in [2.24, 2.45) is 0 Å². The number of ether oxygens (including phenoxy) is 2. The first-order valence-electron chi connectivity index (χ1n) is 8.73. The first kappa shape index (κ1) is 20.8. The van der Waals surface area contributed by atoms with Gasteiger partial charge in [-0.3, -0.25) is 0 Å². The van der Waals surface area contributed by atoms with E-state index in [1.165, 1.54) is 12.1 Å². The fourth-order valence-electron chi connectivity index (χ4n) is 2.76. The van der Waals surface area contributed by atoms with Gasteiger partial charge in [-0.1, -0.05) is 23.7 Å². The van der Waals surface area contributed by atoms with Crippen LogP contribution in [0, 0.1) is 0 Å². The van der Waals surface area contributed by atoms with Crippen molar-refractivity contribution in [2.45, 2.75) is 19.2 Å². The van der Waals surface area contributed by atoms with Crippen LogP contribution in [0.15, 0.2) is 67.0 Å². The third-order valence-electron chi connectivity index (χ3n) is 4.07. The molecule has 3 rings (SSSR count). The molecule has 1 aromatic heterocycles. The Labute approximate surface area is 170 Å². The average molecular weight is 424 g/mol. The Bertz CT molecular complexity index is 987. The Morgan fingerprint density at radius 3 is 2.48 bits per heavy atom. The quantitative estimate of drug-likeness (QED) is 0.468. The lowest BCUT2D eigenvalue weighted by molar-refractivity contribution is -0.152. The van der Waals surface area contributed by atoms with Gasteiger partial charge in [0.15, 0.2) is 0 Å². The highest BCUT2D eigenvalue weighted by Gasteiger charge is 2.33. The highest BCUT2D eigenvalue weighted by atomic mass is 35.5. The molecule has 3 aromatic rings. The summed E-state index contributed by atoms with van der Waals surface area (Å²) in [6.45, 7) is 1.66. The van der Waals surface area contributed by atoms with E-state index < -0.39 is 23.8 Å². The zero-order valence-electron chi connectivity index (χ0n) is 15.3. The Kier molecular flexibility index (Phi) is 6.17. The number of halogens is 4. The number of esters is 1. The maximum atomic E-state index is 13.1. The monoisotopic (exact) mass is 423 g/mol. The van der Waals surface area contributed by atoms with Crippen LogP contribution in [0.5, 0.6) is 5.75 Å². The lowest BCUT2D eigenvalue weighted by Crippen LogP contribution is -2.22. The molecule has 0 fully saturated rings. The zero-order chi connectivity index (χ0) is 21.0. The Morgan fingerprint density at radius 2 is 1.83 bits per heavy atom. The summed E-state index contributed by atoms with van der Waals surface area (Å²) < 4.78 is 52.0. The van der Waals surface area contributed by atoms with Crippen LogP contribution in [0.2, 0.25) is 5.02 Å². The predicted octanol–water partition coefficient (Wildman–Crippen LogP) is 5.83. The van der Waals surface area contributed by atoms with Gasteiger partial charge in [-0.15, -0.1) is 0 Å². The molecule has 2 aromatic carbocycles. The molecule has 8 heteroatoms. The molecule has 0 aliphatic heterocycles. The Hall–Kier alpha value is -2.93. The van der Waals surface area contributed by atoms with Gasteiger partial charge in [-0.2, -0.15) is 13.2 Å². The van der Waals surface area contributed by atoms with Crippen molar-refractivity contribution in [3.8, 4) is 11.4 Å². The lowest BCUT2D eigenvalue weighted by Gasteiger charge is -2.21. The second-order valence-corrected chi connectivity index (χ2v) is 6.51. The summed E-state index contributed by atoms with van der Waals surface area (Å²) in [5, 5.41) is 0.438. The summed E-state index contributed by atoms with van der Waals surface area (Å²) in [5.74, 6) is -0.527. The van der Waals surface area contributed by atoms with Crippen LogP contribution in [-0.2, 0) is 15.7 Å². The van der Waals surface area contributed by atoms with Crippen molar-refractivity contribution in [2.75, 3.05) is 6.61 Å². The van der Waals surface area contributed by atoms with Crippen molar-refractivity contribution in [1.29, 1.82) is 0 Å². The number of hydrogen-bond acceptors (Lipinski definition) is 3. The fraction of sp³-hybridized carbons (Fsp3) is 0.190. The minimum absolute atomic E-state index is 0.0340. The summed E-state index contributed by atoms with van der Waals surface area (Å²) in [5.41, 5.74) is -0.315. The molecular formula is C21H17ClF3NO3. The smallest absolute Gasteiger partial charge is 0.416 e. The van der Waals surface area contributed by atoms with Crippen LogP contribution >= 0.6 is 11.6 Å². The first-order valence-corrected chi connectivity index (χ1v) is 9.10. The van der Waals surface area contributed by atoms with E-state index in [2.05, 4.69) is 0 Å². The van der Waals surface area contributed by atoms with E-state index >= 15 is 0 Å². The summed E-state index contributed by atoms with van der Waals surface area (Å²) in [7, 11) is 0. The largest absolute Gasteiger partial charge is 0.472 e. The molecule has 1 heterocycles. The maximum absolute atomic E-state index is 13.1. The van der Waals surface area contributed by atoms with Gasteiger partial charge < -0.3 is 14.0 Å². The minimum Gasteiger partial charge on any atom is -0.472 e. The van der Waals surface area contributed by atoms with E-state index in [1.54, 1.807) is 54.2 Å². The van der Waals surface area contributed by atoms with Crippen LogP contribution in [0.1, 0.15) is 24.2 Å². The van der Waals surface area contributed by atoms with Crippen LogP contribution < -0.4 is 4.74 Å². The highest BCUT2D eigenvalue weighted by Crippen LogP contribution is 2.34. The van der Waals surface area contributed by atoms with Crippen molar-refractivity contribution < 1.29 is 27.4 Å². The standard InChI is InChI=1S/C21H17ClF3NO3/c1-2-28-20(27)19(14-6-5-7-15(12-14)21(23,24)25)29-18-9-8-16(22)13-17(18)26-10-3-4-11-26/h3-13,19H,2H2,1H3. The fourth-order valence-corrected chi connectivity index (χ4v) is 2.93. The minimum atomic E-state index is -4.55. The molecule has 0 aliphatic rings. The Balaban J connectivity index is 2.04. The number of benzene rings is 2. The maximum Gasteiger partial charge on any atom is 0.416 e. The summed E-state index contributed by atoms with van der Waals surface area (Å²) in [4.78, 5) is 12.5. The van der Waals surface area contributed by atoms with Crippen LogP contribution in [0.4, 0.5) is 13.2 Å². The first-order chi connectivity index (χ1) is 13.8. The molecule has 0 spiro atoms. The van der Waals surface area contributed by atoms with E-state index in [0.29, 0.717) is 10.7 Å². The van der Waals surface area contributed by atoms with E-state index in [-0.39, 0.29) is 17.9 Å². The van der Waals surface area contributed by atoms with Gasteiger partial charge in [0, 0.05) is 23.0 Å². The second-order valence-electron chi connectivity index (χ2n) is 6.08. The highest BCUT2D eigenvalue weighted by molar-refractivity contribution is 6.30. The van der Waals surface area contributed by atoms with Crippen molar-refractivity contribution in [3.05, 3.63) is 83.1 Å². The predicted molar refractivity (Wildman–Crippen MR) is 102 cm³/mol. The molecule has 0 radical (unpaired) electrons. The molecule has 0 N–H and O–H groups in total. The lowest BCUT2D eigenvalue weighted by atomic mass is 10.1. The van der Waals surface area contributed by atoms with Gasteiger partial charge in [-0.05, 0) is 49.4 Å². The second kappa shape index (κ2) is 8.61. The molecule has 29 heavy (non-hydrogen) atoms. The number of aromatic nitrogens is 1. The van der Waals surface area contributed by atoms with Crippen LogP contribution in [0.25, 0.3) is 5.69 Å². The van der Waals surface area contributed by atoms with Gasteiger partial charge in [0.1, 0.15) is 5.75 Å². The topological polar surface area (TPSA) is 40.5 Å². The Morgan fingerprint density at radius 1 is 1.10 bits per heavy atom. The van der Waals surface area contributed by atoms with E-state index in [9.17, 15) is 18.0 Å². The molecule has 0 bridgehead atoms. The van der Waals surface area contributed by atoms with Crippen molar-refractivity contribution in [3.63, 3.8) is 0 Å². The van der Waals surface area contributed by atoms with E-state index in [4.69, 9.17) is 21.1 Å². The van der Waals surface area contributed by atoms with Gasteiger partial charge in [0.25, 0.3) is 0 Å². The summed E-state index contributed by atoms with van der Waals surface area (Å²) >= 11 is 6.09. The molecular weight excluding hydrogens is 407 g/mol. The normalized spacial score (nSPS) is 12.4. The molecule has 0 saturated heterocycles. The van der Waals surface area contributed by atoms with Gasteiger partial charge in [-0.25, -0.2) is 4.79 Å². The number of nitrogens with zero attached hydrogens (tertiary/aromatic N) is 1. The molecule has 0 amide bonds. The van der Waals surface area contributed by atoms with E-state index in [0.717, 1.165) is 12.1 Å². The van der Waals surface area contributed by atoms with Crippen LogP contribution in [-0.4, -0.2) is 17.1 Å². The van der Waals surface area contributed by atoms with Crippen molar-refractivity contribution in [1.82, 2.24) is 4.57 Å². The molecule has 0 saturated carbocycles. The van der Waals surface area contributed by atoms with Gasteiger partial charge >= 0.3 is 12.1 Å². The molecule has 152 valence electrons. The number of hydrogen-bond donors (Lipinski definition) is 0. The number of rotatable bonds is 6. The average Bonchev–Trinajstić information content (AvgIpc) is 3.21. The third kappa shape index (κ3) is 4.92. The third-order valence-corrected chi connectivity index (χ3v) is 4.30. The molecule has 4 nitrogen and oxygen atoms in total. The summed E-state index contributed by atoms with van der Waals surface area (Å²) in [6.07, 6.45) is -2.43. The van der Waals surface area contributed by atoms with Crippen molar-refractivity contribution >= 4 is 17.6 Å². The molecule has 0 aliphatic carbocycles. The molecule has 1 atom stereocenters. The SMILES string of the molecule is CCOC(=O)C(Oc1ccc(Cl)cc1-n1cccc1)c1cccc(C(F)(F)F)c1. The molecule has 1 unspecified atom stereocenters.